The zero-order valence-electron chi connectivity index (χ0n) is 8.19. The number of hydrogen-bond donors (Lipinski definition) is 0. The van der Waals surface area contributed by atoms with Crippen molar-refractivity contribution >= 4 is 23.3 Å². The van der Waals surface area contributed by atoms with Crippen molar-refractivity contribution in [3.8, 4) is 0 Å². The molecule has 15 heavy (non-hydrogen) atoms. The SMILES string of the molecule is Cc1ccc(C(=O)O[C@@H]2CCOC2=O)s1. The van der Waals surface area contributed by atoms with Crippen LogP contribution in [0.2, 0.25) is 0 Å². The average molecular weight is 226 g/mol. The molecule has 0 aliphatic carbocycles. The minimum absolute atomic E-state index is 0.334. The van der Waals surface area contributed by atoms with Crippen LogP contribution < -0.4 is 0 Å². The van der Waals surface area contributed by atoms with Gasteiger partial charge in [-0.15, -0.1) is 11.3 Å². The first-order chi connectivity index (χ1) is 7.16. The summed E-state index contributed by atoms with van der Waals surface area (Å²) >= 11 is 1.35. The Kier molecular flexibility index (Phi) is 2.73. The van der Waals surface area contributed by atoms with Crippen molar-refractivity contribution in [2.24, 2.45) is 0 Å². The molecule has 1 atom stereocenters. The van der Waals surface area contributed by atoms with Gasteiger partial charge in [0.05, 0.1) is 6.61 Å². The molecule has 0 bridgehead atoms. The Balaban J connectivity index is 2.00. The van der Waals surface area contributed by atoms with Crippen molar-refractivity contribution in [1.82, 2.24) is 0 Å². The summed E-state index contributed by atoms with van der Waals surface area (Å²) < 4.78 is 9.71. The molecule has 0 N–H and O–H groups in total. The van der Waals surface area contributed by atoms with E-state index in [1.54, 1.807) is 6.07 Å². The number of hydrogen-bond acceptors (Lipinski definition) is 5. The van der Waals surface area contributed by atoms with Gasteiger partial charge in [-0.3, -0.25) is 0 Å². The van der Waals surface area contributed by atoms with E-state index in [2.05, 4.69) is 0 Å². The second kappa shape index (κ2) is 4.02. The third-order valence-corrected chi connectivity index (χ3v) is 3.06. The molecule has 4 nitrogen and oxygen atoms in total. The standard InChI is InChI=1S/C10H10O4S/c1-6-2-3-8(15-6)10(12)14-7-4-5-13-9(7)11/h2-3,7H,4-5H2,1H3/t7-/m1/s1. The second-order valence-corrected chi connectivity index (χ2v) is 4.55. The maximum absolute atomic E-state index is 11.5. The van der Waals surface area contributed by atoms with Crippen molar-refractivity contribution in [2.75, 3.05) is 6.61 Å². The summed E-state index contributed by atoms with van der Waals surface area (Å²) in [5.41, 5.74) is 0. The summed E-state index contributed by atoms with van der Waals surface area (Å²) in [5, 5.41) is 0. The van der Waals surface area contributed by atoms with E-state index < -0.39 is 18.0 Å². The number of thiophene rings is 1. The average Bonchev–Trinajstić information content (AvgIpc) is 2.77. The Morgan fingerprint density at radius 2 is 2.40 bits per heavy atom. The molecule has 0 unspecified atom stereocenters. The highest BCUT2D eigenvalue weighted by molar-refractivity contribution is 7.13. The van der Waals surface area contributed by atoms with Crippen LogP contribution in [0.5, 0.6) is 0 Å². The lowest BCUT2D eigenvalue weighted by Gasteiger charge is -2.06. The molecule has 2 heterocycles. The fourth-order valence-electron chi connectivity index (χ4n) is 1.32. The molecule has 5 heteroatoms. The van der Waals surface area contributed by atoms with Gasteiger partial charge in [0.2, 0.25) is 6.10 Å². The molecule has 0 aromatic carbocycles. The number of carbonyl (C=O) groups is 2. The lowest BCUT2D eigenvalue weighted by atomic mass is 10.3. The quantitative estimate of drug-likeness (QED) is 0.717. The van der Waals surface area contributed by atoms with Crippen LogP contribution in [0, 0.1) is 6.92 Å². The number of carbonyl (C=O) groups excluding carboxylic acids is 2. The van der Waals surface area contributed by atoms with Gasteiger partial charge < -0.3 is 9.47 Å². The Morgan fingerprint density at radius 3 is 2.93 bits per heavy atom. The van der Waals surface area contributed by atoms with Crippen LogP contribution >= 0.6 is 11.3 Å². The maximum Gasteiger partial charge on any atom is 0.349 e. The van der Waals surface area contributed by atoms with E-state index in [4.69, 9.17) is 9.47 Å². The van der Waals surface area contributed by atoms with Crippen LogP contribution in [0.3, 0.4) is 0 Å². The Hall–Kier alpha value is -1.36. The molecular formula is C10H10O4S. The summed E-state index contributed by atoms with van der Waals surface area (Å²) in [5.74, 6) is -0.895. The third kappa shape index (κ3) is 2.18. The number of ether oxygens (including phenoxy) is 2. The van der Waals surface area contributed by atoms with Crippen LogP contribution in [-0.4, -0.2) is 24.6 Å². The molecule has 1 aliphatic rings. The van der Waals surface area contributed by atoms with Gasteiger partial charge >= 0.3 is 11.9 Å². The Bertz CT molecular complexity index is 396. The molecule has 1 aromatic rings. The molecule has 1 saturated heterocycles. The van der Waals surface area contributed by atoms with Gasteiger partial charge in [0, 0.05) is 11.3 Å². The topological polar surface area (TPSA) is 52.6 Å². The molecule has 0 amide bonds. The normalized spacial score (nSPS) is 20.1. The van der Waals surface area contributed by atoms with Crippen LogP contribution in [-0.2, 0) is 14.3 Å². The highest BCUT2D eigenvalue weighted by Gasteiger charge is 2.30. The summed E-state index contributed by atoms with van der Waals surface area (Å²) in [7, 11) is 0. The zero-order valence-corrected chi connectivity index (χ0v) is 9.00. The van der Waals surface area contributed by atoms with E-state index in [0.29, 0.717) is 17.9 Å². The van der Waals surface area contributed by atoms with Crippen molar-refractivity contribution < 1.29 is 19.1 Å². The fourth-order valence-corrected chi connectivity index (χ4v) is 2.07. The van der Waals surface area contributed by atoms with Crippen molar-refractivity contribution in [1.29, 1.82) is 0 Å². The second-order valence-electron chi connectivity index (χ2n) is 3.26. The minimum Gasteiger partial charge on any atom is -0.463 e. The van der Waals surface area contributed by atoms with E-state index in [0.717, 1.165) is 4.88 Å². The van der Waals surface area contributed by atoms with Gasteiger partial charge in [-0.05, 0) is 19.1 Å². The van der Waals surface area contributed by atoms with Gasteiger partial charge in [-0.25, -0.2) is 9.59 Å². The summed E-state index contributed by atoms with van der Waals surface area (Å²) in [4.78, 5) is 24.1. The molecule has 1 fully saturated rings. The van der Waals surface area contributed by atoms with E-state index >= 15 is 0 Å². The van der Waals surface area contributed by atoms with E-state index in [9.17, 15) is 9.59 Å². The van der Waals surface area contributed by atoms with Gasteiger partial charge in [0.15, 0.2) is 0 Å². The highest BCUT2D eigenvalue weighted by Crippen LogP contribution is 2.19. The van der Waals surface area contributed by atoms with E-state index in [1.807, 2.05) is 13.0 Å². The zero-order chi connectivity index (χ0) is 10.8. The molecule has 0 radical (unpaired) electrons. The molecular weight excluding hydrogens is 216 g/mol. The first kappa shape index (κ1) is 10.2. The summed E-state index contributed by atoms with van der Waals surface area (Å²) in [6, 6.07) is 3.54. The fraction of sp³-hybridized carbons (Fsp3) is 0.400. The van der Waals surface area contributed by atoms with E-state index in [-0.39, 0.29) is 0 Å². The Morgan fingerprint density at radius 1 is 1.60 bits per heavy atom. The maximum atomic E-state index is 11.5. The van der Waals surface area contributed by atoms with Crippen molar-refractivity contribution in [3.63, 3.8) is 0 Å². The molecule has 2 rings (SSSR count). The van der Waals surface area contributed by atoms with Gasteiger partial charge in [0.25, 0.3) is 0 Å². The van der Waals surface area contributed by atoms with Crippen molar-refractivity contribution in [3.05, 3.63) is 21.9 Å². The largest absolute Gasteiger partial charge is 0.463 e. The first-order valence-electron chi connectivity index (χ1n) is 4.61. The molecule has 0 spiro atoms. The first-order valence-corrected chi connectivity index (χ1v) is 5.42. The number of cyclic esters (lactones) is 1. The minimum atomic E-state index is -0.722. The van der Waals surface area contributed by atoms with Crippen LogP contribution in [0.25, 0.3) is 0 Å². The van der Waals surface area contributed by atoms with Gasteiger partial charge in [-0.1, -0.05) is 0 Å². The molecule has 1 aliphatic heterocycles. The van der Waals surface area contributed by atoms with Gasteiger partial charge in [-0.2, -0.15) is 0 Å². The van der Waals surface area contributed by atoms with E-state index in [1.165, 1.54) is 11.3 Å². The van der Waals surface area contributed by atoms with Crippen molar-refractivity contribution in [2.45, 2.75) is 19.4 Å². The monoisotopic (exact) mass is 226 g/mol. The summed E-state index contributed by atoms with van der Waals surface area (Å²) in [6.07, 6.45) is -0.269. The predicted octanol–water partition coefficient (Wildman–Crippen LogP) is 1.53. The van der Waals surface area contributed by atoms with Crippen LogP contribution in [0.4, 0.5) is 0 Å². The predicted molar refractivity (Wildman–Crippen MR) is 53.8 cm³/mol. The lowest BCUT2D eigenvalue weighted by molar-refractivity contribution is -0.145. The number of aryl methyl sites for hydroxylation is 1. The molecule has 80 valence electrons. The molecule has 0 saturated carbocycles. The van der Waals surface area contributed by atoms with Crippen LogP contribution in [0.15, 0.2) is 12.1 Å². The summed E-state index contributed by atoms with van der Waals surface area (Å²) in [6.45, 7) is 2.24. The Labute approximate surface area is 90.8 Å². The lowest BCUT2D eigenvalue weighted by Crippen LogP contribution is -2.22. The smallest absolute Gasteiger partial charge is 0.349 e. The van der Waals surface area contributed by atoms with Gasteiger partial charge in [0.1, 0.15) is 4.88 Å². The molecule has 1 aromatic heterocycles. The number of esters is 2. The third-order valence-electron chi connectivity index (χ3n) is 2.08. The highest BCUT2D eigenvalue weighted by atomic mass is 32.1. The van der Waals surface area contributed by atoms with Crippen LogP contribution in [0.1, 0.15) is 21.0 Å². The number of rotatable bonds is 2.